The average Bonchev–Trinajstić information content (AvgIpc) is 3.17. The van der Waals surface area contributed by atoms with Gasteiger partial charge in [-0.3, -0.25) is 9.59 Å². The number of thiazole rings is 1. The van der Waals surface area contributed by atoms with Crippen LogP contribution < -0.4 is 10.9 Å². The molecule has 0 spiro atoms. The molecule has 5 aromatic rings. The van der Waals surface area contributed by atoms with Crippen molar-refractivity contribution in [1.82, 2.24) is 14.6 Å². The van der Waals surface area contributed by atoms with Crippen LogP contribution in [0, 0.1) is 0 Å². The average molecular weight is 517 g/mol. The third kappa shape index (κ3) is 4.48. The highest BCUT2D eigenvalue weighted by Gasteiger charge is 2.20. The molecule has 0 aliphatic rings. The first kappa shape index (κ1) is 21.2. The zero-order valence-corrected chi connectivity index (χ0v) is 19.6. The quantitative estimate of drug-likeness (QED) is 0.338. The number of halogens is 1. The van der Waals surface area contributed by atoms with E-state index in [1.807, 2.05) is 72.8 Å². The molecule has 162 valence electrons. The van der Waals surface area contributed by atoms with Crippen molar-refractivity contribution in [1.29, 1.82) is 0 Å². The summed E-state index contributed by atoms with van der Waals surface area (Å²) in [4.78, 5) is 30.3. The number of hydrogen-bond donors (Lipinski definition) is 1. The number of carbonyl (C=O) groups is 1. The van der Waals surface area contributed by atoms with Gasteiger partial charge in [0, 0.05) is 22.0 Å². The Morgan fingerprint density at radius 2 is 1.61 bits per heavy atom. The van der Waals surface area contributed by atoms with Crippen LogP contribution in [-0.2, 0) is 6.42 Å². The van der Waals surface area contributed by atoms with Gasteiger partial charge in [-0.25, -0.2) is 4.52 Å². The summed E-state index contributed by atoms with van der Waals surface area (Å²) in [6, 6.07) is 26.4. The fourth-order valence-corrected chi connectivity index (χ4v) is 4.70. The molecule has 0 bridgehead atoms. The zero-order chi connectivity index (χ0) is 22.8. The van der Waals surface area contributed by atoms with Crippen LogP contribution in [0.5, 0.6) is 0 Å². The van der Waals surface area contributed by atoms with Crippen LogP contribution in [0.1, 0.15) is 21.6 Å². The van der Waals surface area contributed by atoms with Crippen LogP contribution >= 0.6 is 27.3 Å². The van der Waals surface area contributed by atoms with Crippen LogP contribution in [0.2, 0.25) is 0 Å². The Balaban J connectivity index is 1.62. The summed E-state index contributed by atoms with van der Waals surface area (Å²) in [6.07, 6.45) is 0.375. The Kier molecular flexibility index (Phi) is 5.85. The standard InChI is InChI=1S/C25H17BrN4O2S/c26-19-13-11-18(12-14-19)22(31)27-24-21(17-9-5-2-6-10-17)30-25(33-24)28-23(32)20(29-30)15-16-7-3-1-4-8-16/h1-14H,15H2,(H,27,31). The lowest BCUT2D eigenvalue weighted by Crippen LogP contribution is -2.18. The Labute approximate surface area is 201 Å². The summed E-state index contributed by atoms with van der Waals surface area (Å²) in [5.41, 5.74) is 3.02. The molecule has 0 saturated heterocycles. The molecule has 6 nitrogen and oxygen atoms in total. The second kappa shape index (κ2) is 9.09. The van der Waals surface area contributed by atoms with E-state index in [4.69, 9.17) is 0 Å². The first-order valence-corrected chi connectivity index (χ1v) is 11.8. The van der Waals surface area contributed by atoms with Crippen molar-refractivity contribution in [2.24, 2.45) is 0 Å². The van der Waals surface area contributed by atoms with Gasteiger partial charge in [-0.2, -0.15) is 10.1 Å². The minimum atomic E-state index is -0.370. The topological polar surface area (TPSA) is 76.4 Å². The third-order valence-corrected chi connectivity index (χ3v) is 6.54. The molecule has 0 unspecified atom stereocenters. The SMILES string of the molecule is O=C(Nc1sc2nc(=O)c(Cc3ccccc3)nn2c1-c1ccccc1)c1ccc(Br)cc1. The lowest BCUT2D eigenvalue weighted by atomic mass is 10.1. The van der Waals surface area contributed by atoms with Crippen LogP contribution in [0.4, 0.5) is 5.00 Å². The number of carbonyl (C=O) groups excluding carboxylic acids is 1. The van der Waals surface area contributed by atoms with Crippen LogP contribution in [0.3, 0.4) is 0 Å². The summed E-state index contributed by atoms with van der Waals surface area (Å²) in [7, 11) is 0. The first-order valence-electron chi connectivity index (χ1n) is 10.2. The molecule has 8 heteroatoms. The maximum atomic E-state index is 12.9. The van der Waals surface area contributed by atoms with Crippen molar-refractivity contribution in [2.75, 3.05) is 5.32 Å². The number of nitrogens with one attached hydrogen (secondary N) is 1. The molecule has 0 aliphatic heterocycles. The van der Waals surface area contributed by atoms with Crippen molar-refractivity contribution in [3.05, 3.63) is 117 Å². The van der Waals surface area contributed by atoms with Crippen molar-refractivity contribution >= 4 is 43.1 Å². The van der Waals surface area contributed by atoms with E-state index in [1.54, 1.807) is 16.6 Å². The summed E-state index contributed by atoms with van der Waals surface area (Å²) >= 11 is 4.61. The molecule has 0 aliphatic carbocycles. The Bertz CT molecular complexity index is 1500. The van der Waals surface area contributed by atoms with E-state index in [2.05, 4.69) is 31.3 Å². The van der Waals surface area contributed by atoms with Gasteiger partial charge in [0.2, 0.25) is 4.96 Å². The number of aromatic nitrogens is 3. The minimum Gasteiger partial charge on any atom is -0.312 e. The first-order chi connectivity index (χ1) is 16.1. The largest absolute Gasteiger partial charge is 0.312 e. The Morgan fingerprint density at radius 3 is 2.30 bits per heavy atom. The normalized spacial score (nSPS) is 10.9. The molecule has 1 N–H and O–H groups in total. The molecule has 33 heavy (non-hydrogen) atoms. The van der Waals surface area contributed by atoms with E-state index < -0.39 is 0 Å². The van der Waals surface area contributed by atoms with Crippen LogP contribution in [0.25, 0.3) is 16.2 Å². The lowest BCUT2D eigenvalue weighted by Gasteiger charge is -2.08. The highest BCUT2D eigenvalue weighted by molar-refractivity contribution is 9.10. The van der Waals surface area contributed by atoms with E-state index in [9.17, 15) is 9.59 Å². The van der Waals surface area contributed by atoms with Gasteiger partial charge < -0.3 is 5.32 Å². The molecule has 3 aromatic carbocycles. The van der Waals surface area contributed by atoms with Gasteiger partial charge >= 0.3 is 0 Å². The molecule has 0 saturated carbocycles. The maximum absolute atomic E-state index is 12.9. The van der Waals surface area contributed by atoms with Crippen molar-refractivity contribution in [3.8, 4) is 11.3 Å². The number of hydrogen-bond acceptors (Lipinski definition) is 5. The van der Waals surface area contributed by atoms with E-state index in [1.165, 1.54) is 11.3 Å². The van der Waals surface area contributed by atoms with E-state index in [-0.39, 0.29) is 11.5 Å². The minimum absolute atomic E-state index is 0.251. The van der Waals surface area contributed by atoms with Gasteiger partial charge in [0.05, 0.1) is 0 Å². The van der Waals surface area contributed by atoms with Crippen LogP contribution in [0.15, 0.2) is 94.2 Å². The van der Waals surface area contributed by atoms with Crippen molar-refractivity contribution in [2.45, 2.75) is 6.42 Å². The summed E-state index contributed by atoms with van der Waals surface area (Å²) < 4.78 is 2.54. The second-order valence-electron chi connectivity index (χ2n) is 7.33. The highest BCUT2D eigenvalue weighted by Crippen LogP contribution is 2.35. The summed E-state index contributed by atoms with van der Waals surface area (Å²) in [5.74, 6) is -0.251. The van der Waals surface area contributed by atoms with Gasteiger partial charge in [-0.1, -0.05) is 87.9 Å². The smallest absolute Gasteiger partial charge is 0.296 e. The maximum Gasteiger partial charge on any atom is 0.296 e. The number of rotatable bonds is 5. The van der Waals surface area contributed by atoms with E-state index in [0.29, 0.717) is 33.3 Å². The molecule has 0 fully saturated rings. The Morgan fingerprint density at radius 1 is 0.939 bits per heavy atom. The second-order valence-corrected chi connectivity index (χ2v) is 9.22. The fraction of sp³-hybridized carbons (Fsp3) is 0.0400. The van der Waals surface area contributed by atoms with E-state index >= 15 is 0 Å². The zero-order valence-electron chi connectivity index (χ0n) is 17.2. The third-order valence-electron chi connectivity index (χ3n) is 5.06. The lowest BCUT2D eigenvalue weighted by molar-refractivity contribution is 0.102. The van der Waals surface area contributed by atoms with Crippen LogP contribution in [-0.4, -0.2) is 20.5 Å². The fourth-order valence-electron chi connectivity index (χ4n) is 3.46. The van der Waals surface area contributed by atoms with Gasteiger partial charge in [0.15, 0.2) is 0 Å². The van der Waals surface area contributed by atoms with Gasteiger partial charge in [-0.05, 0) is 29.8 Å². The Hall–Kier alpha value is -3.62. The molecule has 1 amide bonds. The number of anilines is 1. The predicted octanol–water partition coefficient (Wildman–Crippen LogP) is 5.42. The van der Waals surface area contributed by atoms with E-state index in [0.717, 1.165) is 15.6 Å². The van der Waals surface area contributed by atoms with Gasteiger partial charge in [0.1, 0.15) is 16.4 Å². The monoisotopic (exact) mass is 516 g/mol. The number of benzene rings is 3. The highest BCUT2D eigenvalue weighted by atomic mass is 79.9. The molecule has 2 heterocycles. The summed E-state index contributed by atoms with van der Waals surface area (Å²) in [6.45, 7) is 0. The molecular weight excluding hydrogens is 500 g/mol. The van der Waals surface area contributed by atoms with Crippen molar-refractivity contribution < 1.29 is 4.79 Å². The number of fused-ring (bicyclic) bond motifs is 1. The molecule has 2 aromatic heterocycles. The number of nitrogens with zero attached hydrogens (tertiary/aromatic N) is 3. The van der Waals surface area contributed by atoms with Gasteiger partial charge in [0.25, 0.3) is 11.5 Å². The molecule has 5 rings (SSSR count). The summed E-state index contributed by atoms with van der Waals surface area (Å²) in [5, 5.41) is 8.21. The molecule has 0 atom stereocenters. The van der Waals surface area contributed by atoms with Gasteiger partial charge in [-0.15, -0.1) is 0 Å². The predicted molar refractivity (Wildman–Crippen MR) is 134 cm³/mol. The molecular formula is C25H17BrN4O2S. The number of amides is 1. The van der Waals surface area contributed by atoms with Crippen molar-refractivity contribution in [3.63, 3.8) is 0 Å². The molecule has 0 radical (unpaired) electrons.